The molecule has 0 saturated carbocycles. The van der Waals surface area contributed by atoms with E-state index in [4.69, 9.17) is 9.47 Å². The van der Waals surface area contributed by atoms with Gasteiger partial charge in [-0.25, -0.2) is 8.78 Å². The lowest BCUT2D eigenvalue weighted by molar-refractivity contribution is -0.125. The van der Waals surface area contributed by atoms with E-state index in [1.54, 1.807) is 6.20 Å². The molecule has 8 heteroatoms. The number of carbonyl (C=O) groups is 1. The normalized spacial score (nSPS) is 21.6. The van der Waals surface area contributed by atoms with Crippen LogP contribution in [0.5, 0.6) is 0 Å². The number of nitrogens with one attached hydrogen (secondary N) is 1. The van der Waals surface area contributed by atoms with Crippen LogP contribution in [0.15, 0.2) is 12.4 Å². The van der Waals surface area contributed by atoms with Gasteiger partial charge in [0.25, 0.3) is 6.43 Å². The Bertz CT molecular complexity index is 496. The summed E-state index contributed by atoms with van der Waals surface area (Å²) in [5, 5.41) is 7.15. The van der Waals surface area contributed by atoms with Crippen molar-refractivity contribution in [3.8, 4) is 0 Å². The van der Waals surface area contributed by atoms with Gasteiger partial charge in [0, 0.05) is 31.3 Å². The Balaban J connectivity index is 1.84. The molecule has 1 aliphatic heterocycles. The van der Waals surface area contributed by atoms with E-state index in [2.05, 4.69) is 10.4 Å². The molecule has 0 unspecified atom stereocenters. The summed E-state index contributed by atoms with van der Waals surface area (Å²) in [6.45, 7) is 2.76. The number of aromatic nitrogens is 2. The Hall–Kier alpha value is -1.54. The third-order valence-corrected chi connectivity index (χ3v) is 3.69. The van der Waals surface area contributed by atoms with Gasteiger partial charge in [-0.05, 0) is 19.8 Å². The maximum atomic E-state index is 12.0. The van der Waals surface area contributed by atoms with E-state index in [-0.39, 0.29) is 31.1 Å². The zero-order chi connectivity index (χ0) is 16.7. The molecule has 1 aromatic rings. The van der Waals surface area contributed by atoms with Gasteiger partial charge in [-0.15, -0.1) is 0 Å². The first-order valence-electron chi connectivity index (χ1n) is 7.89. The maximum Gasteiger partial charge on any atom is 0.261 e. The number of alkyl halides is 2. The van der Waals surface area contributed by atoms with Crippen molar-refractivity contribution in [2.45, 2.75) is 51.3 Å². The highest BCUT2D eigenvalue weighted by Gasteiger charge is 2.29. The summed E-state index contributed by atoms with van der Waals surface area (Å²) in [6.07, 6.45) is 2.67. The Labute approximate surface area is 134 Å². The highest BCUT2D eigenvalue weighted by atomic mass is 19.3. The smallest absolute Gasteiger partial charge is 0.261 e. The molecule has 1 amide bonds. The molecule has 2 atom stereocenters. The average Bonchev–Trinajstić information content (AvgIpc) is 3.01. The molecule has 1 fully saturated rings. The standard InChI is InChI=1S/C15H23F2N3O3/c1-2-20-9-11(8-18-20)15-12(4-3-6-23-15)19-14(21)5-7-22-10-13(16)17/h8-9,12-13,15H,2-7,10H2,1H3,(H,19,21)/t12-,15+/m1/s1. The minimum Gasteiger partial charge on any atom is -0.375 e. The van der Waals surface area contributed by atoms with Gasteiger partial charge >= 0.3 is 0 Å². The van der Waals surface area contributed by atoms with E-state index in [0.29, 0.717) is 6.61 Å². The monoisotopic (exact) mass is 331 g/mol. The van der Waals surface area contributed by atoms with E-state index in [9.17, 15) is 13.6 Å². The molecule has 23 heavy (non-hydrogen) atoms. The van der Waals surface area contributed by atoms with E-state index in [1.807, 2.05) is 17.8 Å². The summed E-state index contributed by atoms with van der Waals surface area (Å²) in [5.74, 6) is -0.220. The van der Waals surface area contributed by atoms with Crippen molar-refractivity contribution in [3.05, 3.63) is 18.0 Å². The van der Waals surface area contributed by atoms with E-state index < -0.39 is 13.0 Å². The van der Waals surface area contributed by atoms with Crippen LogP contribution in [0, 0.1) is 0 Å². The number of hydrogen-bond donors (Lipinski definition) is 1. The molecule has 1 aliphatic rings. The van der Waals surface area contributed by atoms with Crippen LogP contribution in [0.3, 0.4) is 0 Å². The lowest BCUT2D eigenvalue weighted by Gasteiger charge is -2.31. The van der Waals surface area contributed by atoms with Crippen molar-refractivity contribution >= 4 is 5.91 Å². The Kier molecular flexibility index (Phi) is 6.91. The summed E-state index contributed by atoms with van der Waals surface area (Å²) in [6, 6.07) is -0.138. The van der Waals surface area contributed by atoms with Gasteiger partial charge in [-0.3, -0.25) is 9.48 Å². The first kappa shape index (κ1) is 17.8. The van der Waals surface area contributed by atoms with Crippen molar-refractivity contribution in [2.75, 3.05) is 19.8 Å². The zero-order valence-electron chi connectivity index (χ0n) is 13.2. The van der Waals surface area contributed by atoms with E-state index >= 15 is 0 Å². The second-order valence-electron chi connectivity index (χ2n) is 5.45. The number of hydrogen-bond acceptors (Lipinski definition) is 4. The van der Waals surface area contributed by atoms with Gasteiger partial charge < -0.3 is 14.8 Å². The largest absolute Gasteiger partial charge is 0.375 e. The molecule has 6 nitrogen and oxygen atoms in total. The molecule has 0 aliphatic carbocycles. The molecule has 130 valence electrons. The van der Waals surface area contributed by atoms with Crippen molar-refractivity contribution in [3.63, 3.8) is 0 Å². The topological polar surface area (TPSA) is 65.4 Å². The third-order valence-electron chi connectivity index (χ3n) is 3.69. The Morgan fingerprint density at radius 1 is 1.61 bits per heavy atom. The molecular weight excluding hydrogens is 308 g/mol. The van der Waals surface area contributed by atoms with E-state index in [0.717, 1.165) is 24.9 Å². The molecular formula is C15H23F2N3O3. The molecule has 1 aromatic heterocycles. The van der Waals surface area contributed by atoms with Crippen molar-refractivity contribution in [1.29, 1.82) is 0 Å². The summed E-state index contributed by atoms with van der Waals surface area (Å²) in [4.78, 5) is 11.9. The summed E-state index contributed by atoms with van der Waals surface area (Å²) in [5.41, 5.74) is 0.936. The second-order valence-corrected chi connectivity index (χ2v) is 5.45. The number of rotatable bonds is 8. The van der Waals surface area contributed by atoms with Gasteiger partial charge in [0.05, 0.1) is 18.8 Å². The van der Waals surface area contributed by atoms with Gasteiger partial charge in [0.15, 0.2) is 0 Å². The minimum atomic E-state index is -2.51. The van der Waals surface area contributed by atoms with Gasteiger partial charge in [0.2, 0.25) is 5.91 Å². The van der Waals surface area contributed by atoms with Crippen LogP contribution in [0.1, 0.15) is 37.9 Å². The first-order chi connectivity index (χ1) is 11.1. The van der Waals surface area contributed by atoms with Crippen LogP contribution in [0.4, 0.5) is 8.78 Å². The average molecular weight is 331 g/mol. The molecule has 0 spiro atoms. The van der Waals surface area contributed by atoms with Crippen molar-refractivity contribution < 1.29 is 23.0 Å². The maximum absolute atomic E-state index is 12.0. The number of nitrogens with zero attached hydrogens (tertiary/aromatic N) is 2. The van der Waals surface area contributed by atoms with Crippen molar-refractivity contribution in [2.24, 2.45) is 0 Å². The van der Waals surface area contributed by atoms with Gasteiger partial charge in [0.1, 0.15) is 12.7 Å². The highest BCUT2D eigenvalue weighted by molar-refractivity contribution is 5.76. The predicted molar refractivity (Wildman–Crippen MR) is 79.2 cm³/mol. The summed E-state index contributed by atoms with van der Waals surface area (Å²) < 4.78 is 36.2. The number of halogens is 2. The molecule has 1 saturated heterocycles. The van der Waals surface area contributed by atoms with Crippen LogP contribution >= 0.6 is 0 Å². The lowest BCUT2D eigenvalue weighted by Crippen LogP contribution is -2.43. The molecule has 0 bridgehead atoms. The molecule has 2 heterocycles. The highest BCUT2D eigenvalue weighted by Crippen LogP contribution is 2.28. The van der Waals surface area contributed by atoms with Crippen LogP contribution < -0.4 is 5.32 Å². The second kappa shape index (κ2) is 8.93. The molecule has 0 aromatic carbocycles. The minimum absolute atomic E-state index is 0.0117. The fourth-order valence-electron chi connectivity index (χ4n) is 2.57. The van der Waals surface area contributed by atoms with Crippen LogP contribution in [0.2, 0.25) is 0 Å². The number of aryl methyl sites for hydroxylation is 1. The Morgan fingerprint density at radius 3 is 3.13 bits per heavy atom. The number of amides is 1. The Morgan fingerprint density at radius 2 is 2.43 bits per heavy atom. The number of carbonyl (C=O) groups excluding carboxylic acids is 1. The fourth-order valence-corrected chi connectivity index (χ4v) is 2.57. The van der Waals surface area contributed by atoms with Crippen molar-refractivity contribution in [1.82, 2.24) is 15.1 Å². The predicted octanol–water partition coefficient (Wildman–Crippen LogP) is 1.91. The van der Waals surface area contributed by atoms with Crippen LogP contribution in [-0.2, 0) is 20.8 Å². The molecule has 1 N–H and O–H groups in total. The number of ether oxygens (including phenoxy) is 2. The van der Waals surface area contributed by atoms with Crippen LogP contribution in [0.25, 0.3) is 0 Å². The fraction of sp³-hybridized carbons (Fsp3) is 0.733. The quantitative estimate of drug-likeness (QED) is 0.739. The van der Waals surface area contributed by atoms with Crippen LogP contribution in [-0.4, -0.2) is 48.0 Å². The summed E-state index contributed by atoms with van der Waals surface area (Å²) >= 11 is 0. The summed E-state index contributed by atoms with van der Waals surface area (Å²) in [7, 11) is 0. The van der Waals surface area contributed by atoms with Gasteiger partial charge in [-0.1, -0.05) is 0 Å². The SMILES string of the molecule is CCn1cc([C@@H]2OCCC[C@H]2NC(=O)CCOCC(F)F)cn1. The first-order valence-corrected chi connectivity index (χ1v) is 7.89. The lowest BCUT2D eigenvalue weighted by atomic mass is 9.98. The third kappa shape index (κ3) is 5.54. The van der Waals surface area contributed by atoms with E-state index in [1.165, 1.54) is 0 Å². The molecule has 2 rings (SSSR count). The van der Waals surface area contributed by atoms with Gasteiger partial charge in [-0.2, -0.15) is 5.10 Å². The molecule has 0 radical (unpaired) electrons. The zero-order valence-corrected chi connectivity index (χ0v) is 13.2.